The second kappa shape index (κ2) is 10.1. The average Bonchev–Trinajstić information content (AvgIpc) is 3.29. The van der Waals surface area contributed by atoms with E-state index >= 15 is 0 Å². The number of carbonyl (C=O) groups is 3. The van der Waals surface area contributed by atoms with Crippen molar-refractivity contribution in [2.24, 2.45) is 5.92 Å². The molecule has 6 nitrogen and oxygen atoms in total. The molecule has 0 saturated heterocycles. The molecule has 0 heterocycles. The molecule has 0 aromatic heterocycles. The first-order valence-corrected chi connectivity index (χ1v) is 11.3. The van der Waals surface area contributed by atoms with Gasteiger partial charge in [0, 0.05) is 27.2 Å². The van der Waals surface area contributed by atoms with Crippen molar-refractivity contribution < 1.29 is 19.1 Å². The van der Waals surface area contributed by atoms with Crippen molar-refractivity contribution in [3.05, 3.63) is 62.6 Å². The fraction of sp³-hybridized carbons (Fsp3) is 0.286. The number of ketones is 1. The highest BCUT2D eigenvalue weighted by Crippen LogP contribution is 2.65. The lowest BCUT2D eigenvalue weighted by Gasteiger charge is -2.10. The van der Waals surface area contributed by atoms with E-state index in [1.165, 1.54) is 18.2 Å². The highest BCUT2D eigenvalue weighted by atomic mass is 35.5. The number of amides is 2. The summed E-state index contributed by atoms with van der Waals surface area (Å²) in [5.74, 6) is -2.17. The van der Waals surface area contributed by atoms with Crippen molar-refractivity contribution in [1.29, 1.82) is 0 Å². The van der Waals surface area contributed by atoms with Crippen LogP contribution >= 0.6 is 58.0 Å². The number of carbonyl (C=O) groups excluding carboxylic acids is 3. The molecule has 1 aliphatic carbocycles. The summed E-state index contributed by atoms with van der Waals surface area (Å²) in [7, 11) is 0. The van der Waals surface area contributed by atoms with E-state index in [1.54, 1.807) is 25.1 Å². The smallest absolute Gasteiger partial charge is 0.407 e. The van der Waals surface area contributed by atoms with Gasteiger partial charge in [0.15, 0.2) is 5.78 Å². The number of nitrogens with one attached hydrogen (secondary N) is 2. The second-order valence-corrected chi connectivity index (χ2v) is 9.74. The Morgan fingerprint density at radius 2 is 1.69 bits per heavy atom. The third-order valence-electron chi connectivity index (χ3n) is 4.78. The van der Waals surface area contributed by atoms with Crippen LogP contribution in [0.1, 0.15) is 28.8 Å². The number of ether oxygens (including phenoxy) is 1. The van der Waals surface area contributed by atoms with Crippen molar-refractivity contribution in [3.63, 3.8) is 0 Å². The van der Waals surface area contributed by atoms with Crippen molar-refractivity contribution in [1.82, 2.24) is 5.32 Å². The van der Waals surface area contributed by atoms with Crippen molar-refractivity contribution in [3.8, 4) is 0 Å². The van der Waals surface area contributed by atoms with E-state index in [-0.39, 0.29) is 23.7 Å². The minimum Gasteiger partial charge on any atom is -0.450 e. The van der Waals surface area contributed by atoms with Gasteiger partial charge in [-0.25, -0.2) is 4.79 Å². The van der Waals surface area contributed by atoms with Crippen molar-refractivity contribution in [2.75, 3.05) is 18.5 Å². The van der Waals surface area contributed by atoms with Crippen LogP contribution in [0.2, 0.25) is 15.1 Å². The number of hydrogen-bond acceptors (Lipinski definition) is 4. The third-order valence-corrected chi connectivity index (χ3v) is 6.49. The van der Waals surface area contributed by atoms with Gasteiger partial charge in [-0.3, -0.25) is 9.59 Å². The maximum Gasteiger partial charge on any atom is 0.407 e. The number of hydrogen-bond donors (Lipinski definition) is 2. The molecule has 1 aliphatic rings. The quantitative estimate of drug-likeness (QED) is 0.330. The Morgan fingerprint density at radius 3 is 2.31 bits per heavy atom. The first-order chi connectivity index (χ1) is 15.0. The average molecular weight is 539 g/mol. The molecule has 2 amide bonds. The monoisotopic (exact) mass is 536 g/mol. The lowest BCUT2D eigenvalue weighted by atomic mass is 10.1. The summed E-state index contributed by atoms with van der Waals surface area (Å²) >= 11 is 30.9. The molecular weight excluding hydrogens is 522 g/mol. The van der Waals surface area contributed by atoms with Gasteiger partial charge in [-0.2, -0.15) is 0 Å². The molecule has 170 valence electrons. The third kappa shape index (κ3) is 5.61. The molecule has 0 bridgehead atoms. The molecule has 1 saturated carbocycles. The van der Waals surface area contributed by atoms with Crippen LogP contribution in [0.3, 0.4) is 0 Å². The molecule has 11 heteroatoms. The lowest BCUT2D eigenvalue weighted by molar-refractivity contribution is -0.117. The van der Waals surface area contributed by atoms with Crippen LogP contribution in [0.5, 0.6) is 0 Å². The van der Waals surface area contributed by atoms with Gasteiger partial charge in [0.1, 0.15) is 4.33 Å². The van der Waals surface area contributed by atoms with E-state index in [0.717, 1.165) is 0 Å². The Kier molecular flexibility index (Phi) is 7.84. The molecule has 3 rings (SSSR count). The molecule has 32 heavy (non-hydrogen) atoms. The minimum atomic E-state index is -1.34. The topological polar surface area (TPSA) is 84.5 Å². The molecule has 0 radical (unpaired) electrons. The van der Waals surface area contributed by atoms with Gasteiger partial charge < -0.3 is 15.4 Å². The fourth-order valence-electron chi connectivity index (χ4n) is 3.29. The minimum absolute atomic E-state index is 0.123. The standard InChI is InChI=1S/C21H17Cl5N2O4/c1-2-32-20(31)27-9-16(29)14-8-13(3-4-15(14)24)28-19(30)18-17(21(18,25)26)10-5-11(22)7-12(23)6-10/h3-8,17-18H,2,9H2,1H3,(H,27,31)(H,28,30). The molecule has 2 atom stereocenters. The largest absolute Gasteiger partial charge is 0.450 e. The number of Topliss-reactive ketones (excluding diaryl/α,β-unsaturated/α-hetero) is 1. The Labute approximate surface area is 209 Å². The summed E-state index contributed by atoms with van der Waals surface area (Å²) < 4.78 is 3.37. The van der Waals surface area contributed by atoms with E-state index in [9.17, 15) is 14.4 Å². The summed E-state index contributed by atoms with van der Waals surface area (Å²) in [6, 6.07) is 9.28. The van der Waals surface area contributed by atoms with Gasteiger partial charge in [-0.15, -0.1) is 23.2 Å². The number of benzene rings is 2. The van der Waals surface area contributed by atoms with Crippen LogP contribution in [-0.4, -0.2) is 35.3 Å². The van der Waals surface area contributed by atoms with Crippen LogP contribution < -0.4 is 10.6 Å². The van der Waals surface area contributed by atoms with Gasteiger partial charge in [-0.05, 0) is 48.9 Å². The molecule has 1 fully saturated rings. The van der Waals surface area contributed by atoms with Gasteiger partial charge in [0.25, 0.3) is 0 Å². The predicted molar refractivity (Wildman–Crippen MR) is 127 cm³/mol. The molecule has 0 spiro atoms. The fourth-order valence-corrected chi connectivity index (χ4v) is 4.88. The molecular formula is C21H17Cl5N2O4. The number of halogens is 5. The van der Waals surface area contributed by atoms with Gasteiger partial charge in [0.2, 0.25) is 5.91 Å². The second-order valence-electron chi connectivity index (χ2n) is 7.01. The van der Waals surface area contributed by atoms with Gasteiger partial charge in [-0.1, -0.05) is 34.8 Å². The summed E-state index contributed by atoms with van der Waals surface area (Å²) in [6.45, 7) is 1.50. The maximum absolute atomic E-state index is 12.9. The van der Waals surface area contributed by atoms with E-state index in [4.69, 9.17) is 62.7 Å². The number of alkyl carbamates (subject to hydrolysis) is 1. The summed E-state index contributed by atoms with van der Waals surface area (Å²) in [5, 5.41) is 6.00. The zero-order chi connectivity index (χ0) is 23.6. The van der Waals surface area contributed by atoms with Crippen LogP contribution in [0.4, 0.5) is 10.5 Å². The van der Waals surface area contributed by atoms with Crippen molar-refractivity contribution >= 4 is 81.5 Å². The molecule has 2 N–H and O–H groups in total. The SMILES string of the molecule is CCOC(=O)NCC(=O)c1cc(NC(=O)C2C(c3cc(Cl)cc(Cl)c3)C2(Cl)Cl)ccc1Cl. The number of alkyl halides is 2. The zero-order valence-corrected chi connectivity index (χ0v) is 20.3. The molecule has 2 unspecified atom stereocenters. The summed E-state index contributed by atoms with van der Waals surface area (Å²) in [6.07, 6.45) is -0.720. The first-order valence-electron chi connectivity index (χ1n) is 9.42. The van der Waals surface area contributed by atoms with E-state index in [0.29, 0.717) is 21.3 Å². The predicted octanol–water partition coefficient (Wildman–Crippen LogP) is 6.10. The normalized spacial score (nSPS) is 18.6. The van der Waals surface area contributed by atoms with E-state index in [1.807, 2.05) is 0 Å². The number of anilines is 1. The zero-order valence-electron chi connectivity index (χ0n) is 16.6. The first kappa shape index (κ1) is 24.9. The highest BCUT2D eigenvalue weighted by Gasteiger charge is 2.67. The van der Waals surface area contributed by atoms with E-state index < -0.39 is 34.0 Å². The molecule has 2 aromatic rings. The van der Waals surface area contributed by atoms with Crippen LogP contribution in [0.25, 0.3) is 0 Å². The van der Waals surface area contributed by atoms with Crippen LogP contribution in [-0.2, 0) is 9.53 Å². The Bertz CT molecular complexity index is 1060. The molecule has 0 aliphatic heterocycles. The van der Waals surface area contributed by atoms with Crippen molar-refractivity contribution in [2.45, 2.75) is 17.2 Å². The van der Waals surface area contributed by atoms with Crippen LogP contribution in [0, 0.1) is 5.92 Å². The lowest BCUT2D eigenvalue weighted by Crippen LogP contribution is -2.30. The highest BCUT2D eigenvalue weighted by molar-refractivity contribution is 6.53. The number of rotatable bonds is 7. The van der Waals surface area contributed by atoms with Crippen LogP contribution in [0.15, 0.2) is 36.4 Å². The van der Waals surface area contributed by atoms with Gasteiger partial charge >= 0.3 is 6.09 Å². The molecule has 2 aromatic carbocycles. The Balaban J connectivity index is 1.72. The summed E-state index contributed by atoms with van der Waals surface area (Å²) in [4.78, 5) is 36.7. The van der Waals surface area contributed by atoms with Gasteiger partial charge in [0.05, 0.1) is 24.1 Å². The Morgan fingerprint density at radius 1 is 1.03 bits per heavy atom. The van der Waals surface area contributed by atoms with E-state index in [2.05, 4.69) is 10.6 Å². The maximum atomic E-state index is 12.9. The summed E-state index contributed by atoms with van der Waals surface area (Å²) in [5.41, 5.74) is 1.08. The Hall–Kier alpha value is -1.70.